The van der Waals surface area contributed by atoms with E-state index >= 15 is 0 Å². The molecule has 0 aliphatic carbocycles. The summed E-state index contributed by atoms with van der Waals surface area (Å²) >= 11 is 0. The van der Waals surface area contributed by atoms with Gasteiger partial charge in [-0.3, -0.25) is 9.78 Å². The van der Waals surface area contributed by atoms with Crippen molar-refractivity contribution in [3.63, 3.8) is 0 Å². The topological polar surface area (TPSA) is 42.0 Å². The molecule has 0 atom stereocenters. The molecule has 1 amide bonds. The molecule has 1 heterocycles. The second-order valence-electron chi connectivity index (χ2n) is 7.29. The Morgan fingerprint density at radius 3 is 2.57 bits per heavy atom. The Morgan fingerprint density at radius 1 is 0.900 bits per heavy atom. The number of rotatable bonds is 7. The molecule has 0 aliphatic heterocycles. The summed E-state index contributed by atoms with van der Waals surface area (Å²) in [5.74, 6) is -0.0129. The van der Waals surface area contributed by atoms with Gasteiger partial charge in [-0.15, -0.1) is 6.58 Å². The van der Waals surface area contributed by atoms with Crippen molar-refractivity contribution in [2.75, 3.05) is 5.32 Å². The molecule has 148 valence electrons. The van der Waals surface area contributed by atoms with Crippen LogP contribution in [0.3, 0.4) is 0 Å². The fourth-order valence-electron chi connectivity index (χ4n) is 3.71. The summed E-state index contributed by atoms with van der Waals surface area (Å²) in [4.78, 5) is 17.0. The van der Waals surface area contributed by atoms with Crippen LogP contribution in [0.5, 0.6) is 0 Å². The van der Waals surface area contributed by atoms with Crippen molar-refractivity contribution in [2.45, 2.75) is 19.3 Å². The van der Waals surface area contributed by atoms with Crippen molar-refractivity contribution in [3.8, 4) is 0 Å². The van der Waals surface area contributed by atoms with E-state index in [9.17, 15) is 4.79 Å². The third-order valence-electron chi connectivity index (χ3n) is 5.17. The van der Waals surface area contributed by atoms with Crippen LogP contribution in [0.4, 0.5) is 5.69 Å². The fourth-order valence-corrected chi connectivity index (χ4v) is 3.71. The first-order valence-electron chi connectivity index (χ1n) is 10.2. The van der Waals surface area contributed by atoms with Gasteiger partial charge in [0, 0.05) is 18.0 Å². The molecule has 0 saturated heterocycles. The van der Waals surface area contributed by atoms with Crippen molar-refractivity contribution >= 4 is 39.3 Å². The standard InChI is InChI=1S/C27H24N2O/c1-2-8-20(19-23-12-5-10-21-9-3-4-14-24(21)23)16-17-26(30)29-25-15-6-11-22-13-7-18-28-27(22)25/h2-7,9-15,18-19H,1,8,16-17H2,(H,29,30). The third kappa shape index (κ3) is 4.47. The lowest BCUT2D eigenvalue weighted by molar-refractivity contribution is -0.116. The highest BCUT2D eigenvalue weighted by molar-refractivity contribution is 6.00. The number of fused-ring (bicyclic) bond motifs is 2. The highest BCUT2D eigenvalue weighted by Crippen LogP contribution is 2.24. The molecule has 0 unspecified atom stereocenters. The number of amides is 1. The largest absolute Gasteiger partial charge is 0.324 e. The molecule has 0 aliphatic rings. The number of para-hydroxylation sites is 1. The van der Waals surface area contributed by atoms with E-state index in [1.54, 1.807) is 6.20 Å². The smallest absolute Gasteiger partial charge is 0.224 e. The van der Waals surface area contributed by atoms with Gasteiger partial charge in [0.15, 0.2) is 0 Å². The number of benzene rings is 3. The van der Waals surface area contributed by atoms with Crippen molar-refractivity contribution in [1.82, 2.24) is 4.98 Å². The van der Waals surface area contributed by atoms with Crippen molar-refractivity contribution in [1.29, 1.82) is 0 Å². The molecular formula is C27H24N2O. The van der Waals surface area contributed by atoms with Gasteiger partial charge in [-0.25, -0.2) is 0 Å². The number of pyridine rings is 1. The molecule has 3 heteroatoms. The number of anilines is 1. The second-order valence-corrected chi connectivity index (χ2v) is 7.29. The predicted molar refractivity (Wildman–Crippen MR) is 126 cm³/mol. The molecule has 3 nitrogen and oxygen atoms in total. The summed E-state index contributed by atoms with van der Waals surface area (Å²) in [5.41, 5.74) is 3.92. The normalized spacial score (nSPS) is 11.5. The first kappa shape index (κ1) is 19.6. The number of carbonyl (C=O) groups excluding carboxylic acids is 1. The van der Waals surface area contributed by atoms with Crippen LogP contribution in [0.1, 0.15) is 24.8 Å². The number of allylic oxidation sites excluding steroid dienone is 2. The summed E-state index contributed by atoms with van der Waals surface area (Å²) in [7, 11) is 0. The predicted octanol–water partition coefficient (Wildman–Crippen LogP) is 6.77. The molecule has 0 spiro atoms. The zero-order valence-corrected chi connectivity index (χ0v) is 16.8. The van der Waals surface area contributed by atoms with Gasteiger partial charge in [-0.1, -0.05) is 78.4 Å². The van der Waals surface area contributed by atoms with E-state index in [1.165, 1.54) is 21.9 Å². The average Bonchev–Trinajstić information content (AvgIpc) is 2.78. The van der Waals surface area contributed by atoms with Crippen molar-refractivity contribution in [2.24, 2.45) is 0 Å². The molecule has 4 aromatic rings. The number of nitrogens with zero attached hydrogens (tertiary/aromatic N) is 1. The molecule has 0 bridgehead atoms. The third-order valence-corrected chi connectivity index (χ3v) is 5.17. The van der Waals surface area contributed by atoms with Gasteiger partial charge in [-0.2, -0.15) is 0 Å². The van der Waals surface area contributed by atoms with Gasteiger partial charge in [0.05, 0.1) is 11.2 Å². The Morgan fingerprint density at radius 2 is 1.67 bits per heavy atom. The number of nitrogens with one attached hydrogen (secondary N) is 1. The van der Waals surface area contributed by atoms with Crippen molar-refractivity contribution in [3.05, 3.63) is 103 Å². The maximum absolute atomic E-state index is 12.6. The zero-order valence-electron chi connectivity index (χ0n) is 16.8. The van der Waals surface area contributed by atoms with Crippen LogP contribution in [0, 0.1) is 0 Å². The van der Waals surface area contributed by atoms with Gasteiger partial charge in [0.25, 0.3) is 0 Å². The van der Waals surface area contributed by atoms with Crippen LogP contribution in [0.15, 0.2) is 97.2 Å². The first-order valence-corrected chi connectivity index (χ1v) is 10.2. The molecule has 1 aromatic heterocycles. The van der Waals surface area contributed by atoms with Crippen LogP contribution < -0.4 is 5.32 Å². The maximum Gasteiger partial charge on any atom is 0.224 e. The summed E-state index contributed by atoms with van der Waals surface area (Å²) in [6, 6.07) is 24.4. The number of hydrogen-bond acceptors (Lipinski definition) is 2. The fraction of sp³-hybridized carbons (Fsp3) is 0.111. The van der Waals surface area contributed by atoms with Crippen molar-refractivity contribution < 1.29 is 4.79 Å². The van der Waals surface area contributed by atoms with Crippen LogP contribution >= 0.6 is 0 Å². The molecular weight excluding hydrogens is 368 g/mol. The van der Waals surface area contributed by atoms with Gasteiger partial charge < -0.3 is 5.32 Å². The minimum Gasteiger partial charge on any atom is -0.324 e. The summed E-state index contributed by atoms with van der Waals surface area (Å²) in [6.45, 7) is 3.88. The lowest BCUT2D eigenvalue weighted by Gasteiger charge is -2.10. The molecule has 0 radical (unpaired) electrons. The summed E-state index contributed by atoms with van der Waals surface area (Å²) < 4.78 is 0. The van der Waals surface area contributed by atoms with Gasteiger partial charge in [-0.05, 0) is 41.3 Å². The quantitative estimate of drug-likeness (QED) is 0.353. The highest BCUT2D eigenvalue weighted by atomic mass is 16.1. The Hall–Kier alpha value is -3.72. The zero-order chi connectivity index (χ0) is 20.8. The van der Waals surface area contributed by atoms with Gasteiger partial charge >= 0.3 is 0 Å². The van der Waals surface area contributed by atoms with E-state index in [0.29, 0.717) is 12.8 Å². The lowest BCUT2D eigenvalue weighted by Crippen LogP contribution is -2.12. The number of aromatic nitrogens is 1. The Balaban J connectivity index is 1.50. The minimum atomic E-state index is -0.0129. The second kappa shape index (κ2) is 9.19. The van der Waals surface area contributed by atoms with E-state index in [0.717, 1.165) is 23.0 Å². The van der Waals surface area contributed by atoms with Crippen LogP contribution in [0.25, 0.3) is 27.8 Å². The Bertz CT molecular complexity index is 1230. The Kier molecular flexibility index (Phi) is 6.00. The monoisotopic (exact) mass is 392 g/mol. The summed E-state index contributed by atoms with van der Waals surface area (Å²) in [5, 5.41) is 6.46. The minimum absolute atomic E-state index is 0.0129. The molecule has 4 rings (SSSR count). The maximum atomic E-state index is 12.6. The lowest BCUT2D eigenvalue weighted by atomic mass is 9.99. The Labute approximate surface area is 176 Å². The molecule has 3 aromatic carbocycles. The summed E-state index contributed by atoms with van der Waals surface area (Å²) in [6.07, 6.45) is 7.67. The van der Waals surface area contributed by atoms with E-state index < -0.39 is 0 Å². The van der Waals surface area contributed by atoms with Gasteiger partial charge in [0.1, 0.15) is 0 Å². The van der Waals surface area contributed by atoms with Crippen LogP contribution in [0.2, 0.25) is 0 Å². The van der Waals surface area contributed by atoms with E-state index in [4.69, 9.17) is 0 Å². The average molecular weight is 393 g/mol. The molecule has 0 saturated carbocycles. The van der Waals surface area contributed by atoms with E-state index in [2.05, 4.69) is 59.4 Å². The van der Waals surface area contributed by atoms with Crippen LogP contribution in [-0.2, 0) is 4.79 Å². The number of carbonyl (C=O) groups is 1. The molecule has 0 fully saturated rings. The van der Waals surface area contributed by atoms with Crippen LogP contribution in [-0.4, -0.2) is 10.9 Å². The SMILES string of the molecule is C=CCC(=Cc1cccc2ccccc12)CCC(=O)Nc1cccc2cccnc12. The highest BCUT2D eigenvalue weighted by Gasteiger charge is 2.08. The van der Waals surface area contributed by atoms with E-state index in [1.807, 2.05) is 42.5 Å². The molecule has 1 N–H and O–H groups in total. The first-order chi connectivity index (χ1) is 14.7. The van der Waals surface area contributed by atoms with E-state index in [-0.39, 0.29) is 5.91 Å². The van der Waals surface area contributed by atoms with Gasteiger partial charge in [0.2, 0.25) is 5.91 Å². The molecule has 30 heavy (non-hydrogen) atoms. The number of hydrogen-bond donors (Lipinski definition) is 1.